The summed E-state index contributed by atoms with van der Waals surface area (Å²) in [6.07, 6.45) is 4.41. The fraction of sp³-hybridized carbons (Fsp3) is 0.444. The van der Waals surface area contributed by atoms with Crippen LogP contribution in [0.1, 0.15) is 13.3 Å². The molecule has 4 heteroatoms. The summed E-state index contributed by atoms with van der Waals surface area (Å²) in [5.74, 6) is 0.726. The minimum absolute atomic E-state index is 0.530. The molecular weight excluding hydrogens is 186 g/mol. The molecule has 0 amide bonds. The molecule has 2 rings (SSSR count). The van der Waals surface area contributed by atoms with Crippen LogP contribution in [0.15, 0.2) is 12.4 Å². The molecule has 70 valence electrons. The second-order valence-electron chi connectivity index (χ2n) is 3.55. The van der Waals surface area contributed by atoms with Crippen molar-refractivity contribution in [2.45, 2.75) is 19.4 Å². The fourth-order valence-electron chi connectivity index (χ4n) is 1.31. The van der Waals surface area contributed by atoms with Gasteiger partial charge in [0.15, 0.2) is 0 Å². The van der Waals surface area contributed by atoms with Crippen LogP contribution in [0.2, 0.25) is 5.02 Å². The van der Waals surface area contributed by atoms with Gasteiger partial charge in [0.1, 0.15) is 0 Å². The molecule has 2 unspecified atom stereocenters. The van der Waals surface area contributed by atoms with E-state index in [1.165, 1.54) is 6.42 Å². The van der Waals surface area contributed by atoms with Crippen LogP contribution in [0, 0.1) is 5.92 Å². The van der Waals surface area contributed by atoms with Crippen LogP contribution in [0.5, 0.6) is 0 Å². The van der Waals surface area contributed by atoms with Gasteiger partial charge in [0.05, 0.1) is 22.6 Å². The number of pyridine rings is 1. The van der Waals surface area contributed by atoms with Crippen LogP contribution >= 0.6 is 11.6 Å². The number of rotatable bonds is 2. The molecule has 0 saturated heterocycles. The largest absolute Gasteiger partial charge is 0.396 e. The number of nitrogens with zero attached hydrogens (tertiary/aromatic N) is 1. The smallest absolute Gasteiger partial charge is 0.0841 e. The molecule has 0 bridgehead atoms. The number of hydrogen-bond acceptors (Lipinski definition) is 3. The second-order valence-corrected chi connectivity index (χ2v) is 3.96. The standard InChI is InChI=1S/C9H12ClN3/c1-5-2-8(5)13-9-6(10)3-12-4-7(9)11/h3-5,8H,2,11H2,1H3,(H,12,13). The highest BCUT2D eigenvalue weighted by Crippen LogP contribution is 2.36. The SMILES string of the molecule is CC1CC1Nc1c(N)cncc1Cl. The van der Waals surface area contributed by atoms with Gasteiger partial charge in [0, 0.05) is 12.2 Å². The van der Waals surface area contributed by atoms with E-state index in [1.807, 2.05) is 0 Å². The summed E-state index contributed by atoms with van der Waals surface area (Å²) in [6, 6.07) is 0.530. The summed E-state index contributed by atoms with van der Waals surface area (Å²) in [5.41, 5.74) is 7.18. The molecule has 0 radical (unpaired) electrons. The Bertz CT molecular complexity index is 306. The van der Waals surface area contributed by atoms with Gasteiger partial charge in [0.25, 0.3) is 0 Å². The van der Waals surface area contributed by atoms with Gasteiger partial charge in [0.2, 0.25) is 0 Å². The van der Waals surface area contributed by atoms with Crippen LogP contribution in [0.4, 0.5) is 11.4 Å². The van der Waals surface area contributed by atoms with E-state index in [9.17, 15) is 0 Å². The first-order valence-electron chi connectivity index (χ1n) is 4.34. The lowest BCUT2D eigenvalue weighted by molar-refractivity contribution is 0.929. The Morgan fingerprint density at radius 2 is 2.31 bits per heavy atom. The zero-order valence-corrected chi connectivity index (χ0v) is 8.17. The quantitative estimate of drug-likeness (QED) is 0.764. The van der Waals surface area contributed by atoms with Crippen molar-refractivity contribution < 1.29 is 0 Å². The van der Waals surface area contributed by atoms with E-state index >= 15 is 0 Å². The molecule has 1 heterocycles. The van der Waals surface area contributed by atoms with Crippen molar-refractivity contribution >= 4 is 23.0 Å². The predicted octanol–water partition coefficient (Wildman–Crippen LogP) is 2.14. The van der Waals surface area contributed by atoms with Crippen LogP contribution in [0.25, 0.3) is 0 Å². The van der Waals surface area contributed by atoms with Gasteiger partial charge in [-0.15, -0.1) is 0 Å². The molecule has 0 aromatic carbocycles. The number of anilines is 2. The average Bonchev–Trinajstić information content (AvgIpc) is 2.75. The summed E-state index contributed by atoms with van der Waals surface area (Å²) >= 11 is 5.94. The first-order chi connectivity index (χ1) is 6.18. The third kappa shape index (κ3) is 1.70. The second kappa shape index (κ2) is 3.07. The highest BCUT2D eigenvalue weighted by atomic mass is 35.5. The van der Waals surface area contributed by atoms with Gasteiger partial charge in [-0.25, -0.2) is 0 Å². The molecule has 1 aliphatic carbocycles. The molecule has 1 fully saturated rings. The van der Waals surface area contributed by atoms with Crippen molar-refractivity contribution in [1.29, 1.82) is 0 Å². The zero-order valence-electron chi connectivity index (χ0n) is 7.42. The summed E-state index contributed by atoms with van der Waals surface area (Å²) in [6.45, 7) is 2.20. The van der Waals surface area contributed by atoms with Gasteiger partial charge in [-0.05, 0) is 12.3 Å². The Labute approximate surface area is 82.3 Å². The van der Waals surface area contributed by atoms with Crippen molar-refractivity contribution in [2.24, 2.45) is 5.92 Å². The molecule has 3 nitrogen and oxygen atoms in total. The molecule has 13 heavy (non-hydrogen) atoms. The van der Waals surface area contributed by atoms with Crippen molar-refractivity contribution in [3.63, 3.8) is 0 Å². The Morgan fingerprint density at radius 1 is 1.62 bits per heavy atom. The number of nitrogens with one attached hydrogen (secondary N) is 1. The number of aromatic nitrogens is 1. The summed E-state index contributed by atoms with van der Waals surface area (Å²) in [4.78, 5) is 3.89. The molecule has 1 aromatic rings. The van der Waals surface area contributed by atoms with Crippen molar-refractivity contribution in [2.75, 3.05) is 11.1 Å². The monoisotopic (exact) mass is 197 g/mol. The lowest BCUT2D eigenvalue weighted by atomic mass is 10.3. The first-order valence-corrected chi connectivity index (χ1v) is 4.72. The minimum atomic E-state index is 0.530. The van der Waals surface area contributed by atoms with Crippen LogP contribution in [-0.2, 0) is 0 Å². The number of hydrogen-bond donors (Lipinski definition) is 2. The minimum Gasteiger partial charge on any atom is -0.396 e. The van der Waals surface area contributed by atoms with Gasteiger partial charge >= 0.3 is 0 Å². The lowest BCUT2D eigenvalue weighted by Gasteiger charge is -2.09. The first kappa shape index (κ1) is 8.63. The zero-order chi connectivity index (χ0) is 9.42. The number of halogens is 1. The molecule has 1 aromatic heterocycles. The van der Waals surface area contributed by atoms with E-state index in [2.05, 4.69) is 17.2 Å². The Hall–Kier alpha value is -0.960. The summed E-state index contributed by atoms with van der Waals surface area (Å²) in [5, 5.41) is 3.90. The molecule has 0 spiro atoms. The predicted molar refractivity (Wildman–Crippen MR) is 54.9 cm³/mol. The Morgan fingerprint density at radius 3 is 2.85 bits per heavy atom. The van der Waals surface area contributed by atoms with E-state index in [0.717, 1.165) is 11.6 Å². The van der Waals surface area contributed by atoms with Gasteiger partial charge < -0.3 is 11.1 Å². The maximum absolute atomic E-state index is 5.94. The molecule has 1 saturated carbocycles. The fourth-order valence-corrected chi connectivity index (χ4v) is 1.53. The summed E-state index contributed by atoms with van der Waals surface area (Å²) in [7, 11) is 0. The Kier molecular flexibility index (Phi) is 2.04. The van der Waals surface area contributed by atoms with Crippen molar-refractivity contribution in [3.8, 4) is 0 Å². The van der Waals surface area contributed by atoms with Crippen molar-refractivity contribution in [1.82, 2.24) is 4.98 Å². The maximum atomic E-state index is 5.94. The van der Waals surface area contributed by atoms with E-state index in [1.54, 1.807) is 12.4 Å². The van der Waals surface area contributed by atoms with Gasteiger partial charge in [-0.2, -0.15) is 0 Å². The molecule has 1 aliphatic rings. The van der Waals surface area contributed by atoms with E-state index < -0.39 is 0 Å². The van der Waals surface area contributed by atoms with Crippen molar-refractivity contribution in [3.05, 3.63) is 17.4 Å². The van der Waals surface area contributed by atoms with E-state index in [0.29, 0.717) is 16.8 Å². The Balaban J connectivity index is 2.18. The maximum Gasteiger partial charge on any atom is 0.0841 e. The molecule has 2 atom stereocenters. The third-order valence-electron chi connectivity index (χ3n) is 2.37. The third-order valence-corrected chi connectivity index (χ3v) is 2.65. The molecule has 3 N–H and O–H groups in total. The lowest BCUT2D eigenvalue weighted by Crippen LogP contribution is -2.06. The molecule has 0 aliphatic heterocycles. The van der Waals surface area contributed by atoms with Crippen LogP contribution in [-0.4, -0.2) is 11.0 Å². The van der Waals surface area contributed by atoms with Crippen LogP contribution < -0.4 is 11.1 Å². The topological polar surface area (TPSA) is 50.9 Å². The number of nitrogen functional groups attached to an aromatic ring is 1. The van der Waals surface area contributed by atoms with E-state index in [-0.39, 0.29) is 0 Å². The average molecular weight is 198 g/mol. The normalized spacial score (nSPS) is 25.7. The van der Waals surface area contributed by atoms with Gasteiger partial charge in [-0.3, -0.25) is 4.98 Å². The van der Waals surface area contributed by atoms with E-state index in [4.69, 9.17) is 17.3 Å². The summed E-state index contributed by atoms with van der Waals surface area (Å²) < 4.78 is 0. The van der Waals surface area contributed by atoms with Crippen LogP contribution in [0.3, 0.4) is 0 Å². The molecular formula is C9H12ClN3. The highest BCUT2D eigenvalue weighted by molar-refractivity contribution is 6.33. The highest BCUT2D eigenvalue weighted by Gasteiger charge is 2.33. The number of nitrogens with two attached hydrogens (primary N) is 1. The van der Waals surface area contributed by atoms with Gasteiger partial charge in [-0.1, -0.05) is 18.5 Å².